The molecule has 1 aliphatic heterocycles. The molecule has 2 fully saturated rings. The summed E-state index contributed by atoms with van der Waals surface area (Å²) in [4.78, 5) is 0. The third kappa shape index (κ3) is 3.29. The van der Waals surface area contributed by atoms with E-state index in [1.807, 2.05) is 0 Å². The maximum Gasteiger partial charge on any atom is 0.174 e. The average Bonchev–Trinajstić information content (AvgIpc) is 3.30. The van der Waals surface area contributed by atoms with Crippen LogP contribution in [0.1, 0.15) is 43.7 Å². The first-order chi connectivity index (χ1) is 9.78. The fourth-order valence-electron chi connectivity index (χ4n) is 2.72. The van der Waals surface area contributed by atoms with E-state index in [9.17, 15) is 0 Å². The van der Waals surface area contributed by atoms with E-state index in [1.54, 1.807) is 7.11 Å². The molecule has 1 aromatic rings. The molecule has 0 amide bonds. The highest BCUT2D eigenvalue weighted by molar-refractivity contribution is 9.10. The molecule has 1 atom stereocenters. The normalized spacial score (nSPS) is 22.6. The Labute approximate surface area is 129 Å². The Hall–Kier alpha value is -0.740. The summed E-state index contributed by atoms with van der Waals surface area (Å²) in [5.74, 6) is 2.43. The lowest BCUT2D eigenvalue weighted by Crippen LogP contribution is -2.26. The molecule has 0 aromatic heterocycles. The van der Waals surface area contributed by atoms with Crippen LogP contribution in [0.5, 0.6) is 11.5 Å². The molecule has 1 unspecified atom stereocenters. The second-order valence-electron chi connectivity index (χ2n) is 5.79. The molecule has 3 nitrogen and oxygen atoms in total. The van der Waals surface area contributed by atoms with Crippen LogP contribution in [0.2, 0.25) is 0 Å². The molecule has 4 heteroatoms. The van der Waals surface area contributed by atoms with Gasteiger partial charge in [0.25, 0.3) is 0 Å². The Balaban J connectivity index is 1.82. The maximum atomic E-state index is 5.98. The van der Waals surface area contributed by atoms with E-state index < -0.39 is 0 Å². The molecule has 1 N–H and O–H groups in total. The van der Waals surface area contributed by atoms with Crippen molar-refractivity contribution in [3.8, 4) is 11.5 Å². The van der Waals surface area contributed by atoms with Crippen molar-refractivity contribution in [2.45, 2.75) is 38.1 Å². The van der Waals surface area contributed by atoms with Crippen molar-refractivity contribution < 1.29 is 9.47 Å². The summed E-state index contributed by atoms with van der Waals surface area (Å²) in [6.07, 6.45) is 6.36. The number of halogens is 1. The van der Waals surface area contributed by atoms with Crippen LogP contribution in [0.15, 0.2) is 16.6 Å². The van der Waals surface area contributed by atoms with Crippen LogP contribution in [0, 0.1) is 5.92 Å². The molecule has 1 heterocycles. The molecule has 20 heavy (non-hydrogen) atoms. The van der Waals surface area contributed by atoms with Gasteiger partial charge in [-0.25, -0.2) is 0 Å². The molecule has 3 rings (SSSR count). The summed E-state index contributed by atoms with van der Waals surface area (Å²) in [6.45, 7) is 1.91. The van der Waals surface area contributed by atoms with E-state index in [1.165, 1.54) is 37.7 Å². The smallest absolute Gasteiger partial charge is 0.174 e. The summed E-state index contributed by atoms with van der Waals surface area (Å²) < 4.78 is 12.4. The zero-order valence-electron chi connectivity index (χ0n) is 12.0. The van der Waals surface area contributed by atoms with Crippen molar-refractivity contribution in [2.75, 3.05) is 20.3 Å². The highest BCUT2D eigenvalue weighted by atomic mass is 79.9. The lowest BCUT2D eigenvalue weighted by Gasteiger charge is -2.25. The summed E-state index contributed by atoms with van der Waals surface area (Å²) in [6, 6.07) is 4.75. The topological polar surface area (TPSA) is 30.5 Å². The number of nitrogens with one attached hydrogen (secondary N) is 1. The quantitative estimate of drug-likeness (QED) is 0.877. The molecular weight excluding hydrogens is 318 g/mol. The highest BCUT2D eigenvalue weighted by Gasteiger charge is 2.24. The molecule has 0 bridgehead atoms. The minimum absolute atomic E-state index is 0.439. The Kier molecular flexibility index (Phi) is 4.51. The average molecular weight is 340 g/mol. The lowest BCUT2D eigenvalue weighted by atomic mass is 9.97. The predicted octanol–water partition coefficient (Wildman–Crippen LogP) is 4.06. The first kappa shape index (κ1) is 14.2. The molecule has 0 spiro atoms. The van der Waals surface area contributed by atoms with Crippen molar-refractivity contribution in [3.63, 3.8) is 0 Å². The fraction of sp³-hybridized carbons (Fsp3) is 0.625. The van der Waals surface area contributed by atoms with Crippen LogP contribution < -0.4 is 14.8 Å². The minimum atomic E-state index is 0.439. The molecule has 1 aliphatic carbocycles. The van der Waals surface area contributed by atoms with Gasteiger partial charge in [-0.05, 0) is 71.8 Å². The molecular formula is C16H22BrNO2. The van der Waals surface area contributed by atoms with Gasteiger partial charge in [-0.2, -0.15) is 0 Å². The van der Waals surface area contributed by atoms with Gasteiger partial charge in [-0.3, -0.25) is 0 Å². The van der Waals surface area contributed by atoms with E-state index in [-0.39, 0.29) is 0 Å². The van der Waals surface area contributed by atoms with E-state index >= 15 is 0 Å². The van der Waals surface area contributed by atoms with Crippen molar-refractivity contribution in [1.82, 2.24) is 5.32 Å². The number of methoxy groups -OCH3 is 1. The number of rotatable bonds is 5. The Morgan fingerprint density at radius 2 is 2.10 bits per heavy atom. The summed E-state index contributed by atoms with van der Waals surface area (Å²) >= 11 is 3.61. The Morgan fingerprint density at radius 1 is 1.25 bits per heavy atom. The summed E-state index contributed by atoms with van der Waals surface area (Å²) in [5, 5.41) is 3.59. The van der Waals surface area contributed by atoms with E-state index in [0.29, 0.717) is 6.04 Å². The zero-order valence-corrected chi connectivity index (χ0v) is 13.5. The molecule has 110 valence electrons. The van der Waals surface area contributed by atoms with Crippen LogP contribution in [0.25, 0.3) is 0 Å². The van der Waals surface area contributed by atoms with E-state index in [4.69, 9.17) is 9.47 Å². The zero-order chi connectivity index (χ0) is 13.9. The van der Waals surface area contributed by atoms with Gasteiger partial charge >= 0.3 is 0 Å². The third-order valence-electron chi connectivity index (χ3n) is 4.12. The second kappa shape index (κ2) is 6.35. The predicted molar refractivity (Wildman–Crippen MR) is 83.5 cm³/mol. The fourth-order valence-corrected chi connectivity index (χ4v) is 3.34. The van der Waals surface area contributed by atoms with Gasteiger partial charge in [0.1, 0.15) is 0 Å². The van der Waals surface area contributed by atoms with Gasteiger partial charge in [-0.15, -0.1) is 0 Å². The lowest BCUT2D eigenvalue weighted by molar-refractivity contribution is 0.278. The summed E-state index contributed by atoms with van der Waals surface area (Å²) in [5.41, 5.74) is 1.29. The van der Waals surface area contributed by atoms with E-state index in [0.717, 1.165) is 35.0 Å². The molecule has 1 saturated carbocycles. The molecule has 0 radical (unpaired) electrons. The Bertz CT molecular complexity index is 468. The monoisotopic (exact) mass is 339 g/mol. The van der Waals surface area contributed by atoms with Crippen LogP contribution in [-0.4, -0.2) is 20.3 Å². The van der Waals surface area contributed by atoms with Gasteiger partial charge in [-0.1, -0.05) is 6.42 Å². The first-order valence-corrected chi connectivity index (χ1v) is 8.31. The third-order valence-corrected chi connectivity index (χ3v) is 4.71. The van der Waals surface area contributed by atoms with Crippen LogP contribution in [0.3, 0.4) is 0 Å². The number of piperidine rings is 1. The molecule has 1 aromatic carbocycles. The Morgan fingerprint density at radius 3 is 2.75 bits per heavy atom. The van der Waals surface area contributed by atoms with E-state index in [2.05, 4.69) is 33.4 Å². The largest absolute Gasteiger partial charge is 0.492 e. The first-order valence-electron chi connectivity index (χ1n) is 7.51. The van der Waals surface area contributed by atoms with Gasteiger partial charge in [0.15, 0.2) is 11.5 Å². The van der Waals surface area contributed by atoms with Crippen LogP contribution in [0.4, 0.5) is 0 Å². The number of hydrogen-bond donors (Lipinski definition) is 1. The van der Waals surface area contributed by atoms with Gasteiger partial charge in [0, 0.05) is 6.04 Å². The van der Waals surface area contributed by atoms with Crippen LogP contribution >= 0.6 is 15.9 Å². The van der Waals surface area contributed by atoms with Crippen molar-refractivity contribution in [3.05, 3.63) is 22.2 Å². The van der Waals surface area contributed by atoms with Gasteiger partial charge in [0.2, 0.25) is 0 Å². The van der Waals surface area contributed by atoms with Gasteiger partial charge in [0.05, 0.1) is 18.2 Å². The highest BCUT2D eigenvalue weighted by Crippen LogP contribution is 2.40. The second-order valence-corrected chi connectivity index (χ2v) is 6.65. The number of benzene rings is 1. The standard InChI is InChI=1S/C16H22BrNO2/c1-19-16-13(17)8-12(14-4-2-3-7-18-14)9-15(16)20-10-11-5-6-11/h8-9,11,14,18H,2-7,10H2,1H3. The van der Waals surface area contributed by atoms with Crippen LogP contribution in [-0.2, 0) is 0 Å². The molecule has 2 aliphatic rings. The number of ether oxygens (including phenoxy) is 2. The number of hydrogen-bond acceptors (Lipinski definition) is 3. The van der Waals surface area contributed by atoms with Gasteiger partial charge < -0.3 is 14.8 Å². The molecule has 1 saturated heterocycles. The van der Waals surface area contributed by atoms with Crippen molar-refractivity contribution in [1.29, 1.82) is 0 Å². The van der Waals surface area contributed by atoms with Crippen molar-refractivity contribution >= 4 is 15.9 Å². The summed E-state index contributed by atoms with van der Waals surface area (Å²) in [7, 11) is 1.70. The SMILES string of the molecule is COc1c(Br)cc(C2CCCCN2)cc1OCC1CC1. The minimum Gasteiger partial charge on any atom is -0.492 e. The maximum absolute atomic E-state index is 5.98. The van der Waals surface area contributed by atoms with Crippen molar-refractivity contribution in [2.24, 2.45) is 5.92 Å².